The predicted octanol–water partition coefficient (Wildman–Crippen LogP) is 3.31. The van der Waals surface area contributed by atoms with Gasteiger partial charge in [0, 0.05) is 39.0 Å². The largest absolute Gasteiger partial charge is 0.382 e. The van der Waals surface area contributed by atoms with E-state index >= 15 is 0 Å². The van der Waals surface area contributed by atoms with Crippen LogP contribution in [0.25, 0.3) is 11.7 Å². The van der Waals surface area contributed by atoms with E-state index in [0.717, 1.165) is 25.9 Å². The third kappa shape index (κ3) is 4.68. The molecule has 2 aliphatic rings. The molecule has 1 amide bonds. The van der Waals surface area contributed by atoms with E-state index in [1.165, 1.54) is 22.6 Å². The smallest absolute Gasteiger partial charge is 0.267 e. The van der Waals surface area contributed by atoms with Gasteiger partial charge in [-0.2, -0.15) is 0 Å². The molecule has 2 aromatic rings. The summed E-state index contributed by atoms with van der Waals surface area (Å²) in [6.45, 7) is 5.40. The predicted molar refractivity (Wildman–Crippen MR) is 129 cm³/mol. The standard InChI is InChI=1S/C22H26N4O3S2/c1-2-29-14-8-13-26-21(28)17(31-22(26)30)15-16-19(24-10-5-3-6-11-24)23-18-9-4-7-12-25(18)20(16)27/h4,7,9,12,15H,2-3,5-6,8,10-11,13-14H2,1H3/b17-15-. The molecule has 0 radical (unpaired) electrons. The fraction of sp³-hybridized carbons (Fsp3) is 0.455. The summed E-state index contributed by atoms with van der Waals surface area (Å²) in [5.41, 5.74) is 0.877. The van der Waals surface area contributed by atoms with Crippen LogP contribution < -0.4 is 10.5 Å². The number of anilines is 1. The van der Waals surface area contributed by atoms with Gasteiger partial charge in [0.25, 0.3) is 11.5 Å². The van der Waals surface area contributed by atoms with E-state index in [-0.39, 0.29) is 11.5 Å². The summed E-state index contributed by atoms with van der Waals surface area (Å²) in [6, 6.07) is 5.50. The number of aromatic nitrogens is 2. The van der Waals surface area contributed by atoms with Gasteiger partial charge in [-0.3, -0.25) is 18.9 Å². The minimum absolute atomic E-state index is 0.159. The Morgan fingerprint density at radius 1 is 1.23 bits per heavy atom. The van der Waals surface area contributed by atoms with Gasteiger partial charge < -0.3 is 9.64 Å². The van der Waals surface area contributed by atoms with Crippen molar-refractivity contribution >= 4 is 51.7 Å². The first-order chi connectivity index (χ1) is 15.1. The van der Waals surface area contributed by atoms with E-state index in [0.29, 0.717) is 52.4 Å². The third-order valence-electron chi connectivity index (χ3n) is 5.43. The molecule has 2 saturated heterocycles. The van der Waals surface area contributed by atoms with Gasteiger partial charge in [-0.25, -0.2) is 4.98 Å². The summed E-state index contributed by atoms with van der Waals surface area (Å²) < 4.78 is 7.41. The minimum atomic E-state index is -0.173. The maximum atomic E-state index is 13.4. The Balaban J connectivity index is 1.70. The first-order valence-electron chi connectivity index (χ1n) is 10.7. The number of hydrogen-bond donors (Lipinski definition) is 0. The van der Waals surface area contributed by atoms with Crippen molar-refractivity contribution < 1.29 is 9.53 Å². The number of rotatable bonds is 7. The maximum Gasteiger partial charge on any atom is 0.267 e. The Morgan fingerprint density at radius 2 is 2.03 bits per heavy atom. The number of nitrogens with zero attached hydrogens (tertiary/aromatic N) is 4. The Morgan fingerprint density at radius 3 is 2.81 bits per heavy atom. The molecule has 0 spiro atoms. The van der Waals surface area contributed by atoms with Crippen molar-refractivity contribution in [2.45, 2.75) is 32.6 Å². The molecule has 0 aromatic carbocycles. The fourth-order valence-electron chi connectivity index (χ4n) is 3.86. The SMILES string of the molecule is CCOCCCN1C(=O)/C(=C/c2c(N3CCCCC3)nc3ccccn3c2=O)SC1=S. The molecule has 0 atom stereocenters. The molecule has 4 rings (SSSR count). The summed E-state index contributed by atoms with van der Waals surface area (Å²) in [5.74, 6) is 0.492. The molecule has 0 saturated carbocycles. The monoisotopic (exact) mass is 458 g/mol. The molecule has 2 fully saturated rings. The molecule has 0 aliphatic carbocycles. The number of pyridine rings is 1. The normalized spacial score (nSPS) is 18.5. The van der Waals surface area contributed by atoms with Crippen LogP contribution in [0.4, 0.5) is 5.82 Å². The van der Waals surface area contributed by atoms with Gasteiger partial charge in [-0.15, -0.1) is 0 Å². The lowest BCUT2D eigenvalue weighted by Gasteiger charge is -2.29. The molecule has 0 bridgehead atoms. The second-order valence-corrected chi connectivity index (χ2v) is 9.19. The Bertz CT molecular complexity index is 1080. The fourth-order valence-corrected chi connectivity index (χ4v) is 5.15. The zero-order valence-electron chi connectivity index (χ0n) is 17.6. The van der Waals surface area contributed by atoms with Crippen molar-refractivity contribution in [1.82, 2.24) is 14.3 Å². The summed E-state index contributed by atoms with van der Waals surface area (Å²) in [6.07, 6.45) is 7.42. The highest BCUT2D eigenvalue weighted by molar-refractivity contribution is 8.26. The lowest BCUT2D eigenvalue weighted by molar-refractivity contribution is -0.122. The molecule has 0 N–H and O–H groups in total. The van der Waals surface area contributed by atoms with Gasteiger partial charge in [0.2, 0.25) is 0 Å². The van der Waals surface area contributed by atoms with Gasteiger partial charge in [0.05, 0.1) is 10.5 Å². The second-order valence-electron chi connectivity index (χ2n) is 7.51. The lowest BCUT2D eigenvalue weighted by Crippen LogP contribution is -2.33. The zero-order valence-corrected chi connectivity index (χ0v) is 19.2. The summed E-state index contributed by atoms with van der Waals surface area (Å²) in [7, 11) is 0. The molecular weight excluding hydrogens is 432 g/mol. The molecule has 7 nitrogen and oxygen atoms in total. The van der Waals surface area contributed by atoms with Crippen molar-refractivity contribution in [3.63, 3.8) is 0 Å². The van der Waals surface area contributed by atoms with Crippen molar-refractivity contribution in [2.75, 3.05) is 37.7 Å². The number of amides is 1. The quantitative estimate of drug-likeness (QED) is 0.358. The van der Waals surface area contributed by atoms with Gasteiger partial charge in [-0.1, -0.05) is 30.0 Å². The molecule has 164 valence electrons. The van der Waals surface area contributed by atoms with Crippen molar-refractivity contribution in [3.05, 3.63) is 45.2 Å². The Hall–Kier alpha value is -2.23. The molecule has 31 heavy (non-hydrogen) atoms. The number of hydrogen-bond acceptors (Lipinski definition) is 7. The number of carbonyl (C=O) groups is 1. The van der Waals surface area contributed by atoms with Crippen LogP contribution in [-0.2, 0) is 9.53 Å². The van der Waals surface area contributed by atoms with E-state index < -0.39 is 0 Å². The minimum Gasteiger partial charge on any atom is -0.382 e. The van der Waals surface area contributed by atoms with E-state index in [1.807, 2.05) is 19.1 Å². The zero-order chi connectivity index (χ0) is 21.8. The van der Waals surface area contributed by atoms with E-state index in [4.69, 9.17) is 21.9 Å². The number of piperidine rings is 1. The van der Waals surface area contributed by atoms with Crippen LogP contribution in [0.1, 0.15) is 38.2 Å². The van der Waals surface area contributed by atoms with Crippen LogP contribution in [0.2, 0.25) is 0 Å². The highest BCUT2D eigenvalue weighted by atomic mass is 32.2. The molecule has 2 aromatic heterocycles. The van der Waals surface area contributed by atoms with Crippen molar-refractivity contribution in [2.24, 2.45) is 0 Å². The average molecular weight is 459 g/mol. The van der Waals surface area contributed by atoms with Crippen LogP contribution >= 0.6 is 24.0 Å². The van der Waals surface area contributed by atoms with Gasteiger partial charge in [0.15, 0.2) is 0 Å². The van der Waals surface area contributed by atoms with Crippen LogP contribution in [0, 0.1) is 0 Å². The number of carbonyl (C=O) groups excluding carboxylic acids is 1. The van der Waals surface area contributed by atoms with Gasteiger partial charge in [0.1, 0.15) is 15.8 Å². The number of fused-ring (bicyclic) bond motifs is 1. The second kappa shape index (κ2) is 9.93. The highest BCUT2D eigenvalue weighted by Gasteiger charge is 2.32. The lowest BCUT2D eigenvalue weighted by atomic mass is 10.1. The highest BCUT2D eigenvalue weighted by Crippen LogP contribution is 2.34. The molecular formula is C22H26N4O3S2. The van der Waals surface area contributed by atoms with Gasteiger partial charge >= 0.3 is 0 Å². The molecule has 4 heterocycles. The summed E-state index contributed by atoms with van der Waals surface area (Å²) >= 11 is 6.68. The Labute approximate surface area is 191 Å². The number of thiocarbonyl (C=S) groups is 1. The van der Waals surface area contributed by atoms with Crippen molar-refractivity contribution in [1.29, 1.82) is 0 Å². The third-order valence-corrected chi connectivity index (χ3v) is 6.81. The molecule has 2 aliphatic heterocycles. The summed E-state index contributed by atoms with van der Waals surface area (Å²) in [4.78, 5) is 35.4. The Kier molecular flexibility index (Phi) is 7.04. The topological polar surface area (TPSA) is 67.2 Å². The van der Waals surface area contributed by atoms with E-state index in [1.54, 1.807) is 23.2 Å². The van der Waals surface area contributed by atoms with E-state index in [2.05, 4.69) is 4.90 Å². The summed E-state index contributed by atoms with van der Waals surface area (Å²) in [5, 5.41) is 0. The number of thioether (sulfide) groups is 1. The molecule has 9 heteroatoms. The van der Waals surface area contributed by atoms with Crippen LogP contribution in [0.5, 0.6) is 0 Å². The van der Waals surface area contributed by atoms with Crippen molar-refractivity contribution in [3.8, 4) is 0 Å². The average Bonchev–Trinajstić information content (AvgIpc) is 3.06. The first-order valence-corrected chi connectivity index (χ1v) is 11.9. The maximum absolute atomic E-state index is 13.4. The molecule has 0 unspecified atom stereocenters. The number of ether oxygens (including phenoxy) is 1. The van der Waals surface area contributed by atoms with Crippen LogP contribution in [-0.4, -0.2) is 57.4 Å². The first kappa shape index (κ1) is 22.0. The van der Waals surface area contributed by atoms with Crippen LogP contribution in [0.15, 0.2) is 34.1 Å². The van der Waals surface area contributed by atoms with Crippen LogP contribution in [0.3, 0.4) is 0 Å². The van der Waals surface area contributed by atoms with Gasteiger partial charge in [-0.05, 0) is 50.8 Å². The van der Waals surface area contributed by atoms with E-state index in [9.17, 15) is 9.59 Å².